The molecule has 0 saturated heterocycles. The lowest BCUT2D eigenvalue weighted by Crippen LogP contribution is -2.27. The van der Waals surface area contributed by atoms with E-state index in [1.165, 1.54) is 6.33 Å². The van der Waals surface area contributed by atoms with Gasteiger partial charge in [0.1, 0.15) is 17.8 Å². The van der Waals surface area contributed by atoms with Crippen LogP contribution in [0.25, 0.3) is 33.2 Å². The number of anilines is 1. The van der Waals surface area contributed by atoms with E-state index in [-0.39, 0.29) is 12.1 Å². The third kappa shape index (κ3) is 2.12. The first-order chi connectivity index (χ1) is 13.0. The molecule has 1 amide bonds. The molecule has 8 heteroatoms. The van der Waals surface area contributed by atoms with Crippen molar-refractivity contribution in [2.45, 2.75) is 26.4 Å². The monoisotopic (exact) mass is 380 g/mol. The normalized spacial score (nSPS) is 13.7. The van der Waals surface area contributed by atoms with Crippen molar-refractivity contribution in [3.63, 3.8) is 0 Å². The molecule has 0 aliphatic carbocycles. The first-order valence-electron chi connectivity index (χ1n) is 8.70. The Bertz CT molecular complexity index is 1250. The number of carbonyl (C=O) groups excluding carboxylic acids is 1. The van der Waals surface area contributed by atoms with Crippen molar-refractivity contribution < 1.29 is 4.79 Å². The number of hydrogen-bond donors (Lipinski definition) is 2. The fourth-order valence-corrected chi connectivity index (χ4v) is 4.22. The van der Waals surface area contributed by atoms with Crippen molar-refractivity contribution in [2.24, 2.45) is 0 Å². The number of rotatable bonds is 1. The second-order valence-electron chi connectivity index (χ2n) is 6.97. The van der Waals surface area contributed by atoms with Gasteiger partial charge in [0.2, 0.25) is 0 Å². The van der Waals surface area contributed by atoms with Crippen LogP contribution in [0.1, 0.15) is 25.6 Å². The molecule has 1 aliphatic rings. The van der Waals surface area contributed by atoms with Gasteiger partial charge in [0.15, 0.2) is 0 Å². The molecule has 0 spiro atoms. The van der Waals surface area contributed by atoms with Gasteiger partial charge < -0.3 is 15.6 Å². The molecule has 4 aromatic rings. The quantitative estimate of drug-likeness (QED) is 0.523. The van der Waals surface area contributed by atoms with Crippen molar-refractivity contribution in [2.75, 3.05) is 5.73 Å². The van der Waals surface area contributed by atoms with Gasteiger partial charge in [-0.15, -0.1) is 0 Å². The first kappa shape index (κ1) is 16.1. The maximum atomic E-state index is 12.9. The van der Waals surface area contributed by atoms with E-state index in [2.05, 4.69) is 33.7 Å². The maximum absolute atomic E-state index is 12.9. The van der Waals surface area contributed by atoms with Gasteiger partial charge in [0.25, 0.3) is 0 Å². The van der Waals surface area contributed by atoms with Gasteiger partial charge >= 0.3 is 6.03 Å². The molecule has 1 aliphatic heterocycles. The van der Waals surface area contributed by atoms with Gasteiger partial charge in [-0.25, -0.2) is 14.8 Å². The van der Waals surface area contributed by atoms with Gasteiger partial charge in [-0.2, -0.15) is 0 Å². The van der Waals surface area contributed by atoms with Crippen LogP contribution >= 0.6 is 11.6 Å². The summed E-state index contributed by atoms with van der Waals surface area (Å²) in [5.41, 5.74) is 10.4. The standard InChI is InChI=1S/C19H17ClN6O/c1-9(2)25-14-7-22-19(27)26-12-4-3-11(20)5-10(12)6-13(26)15(14)16-17(21)23-8-24-18(16)25/h3-6,8-9H,7H2,1-2H3,(H,22,27)(H2,21,23,24). The minimum absolute atomic E-state index is 0.146. The number of nitrogens with one attached hydrogen (secondary N) is 1. The molecule has 0 fully saturated rings. The highest BCUT2D eigenvalue weighted by Crippen LogP contribution is 2.41. The molecular weight excluding hydrogens is 364 g/mol. The smallest absolute Gasteiger partial charge is 0.326 e. The summed E-state index contributed by atoms with van der Waals surface area (Å²) in [7, 11) is 0. The highest BCUT2D eigenvalue weighted by atomic mass is 35.5. The molecule has 0 unspecified atom stereocenters. The summed E-state index contributed by atoms with van der Waals surface area (Å²) < 4.78 is 3.79. The molecular formula is C19H17ClN6O. The van der Waals surface area contributed by atoms with Crippen molar-refractivity contribution in [3.05, 3.63) is 41.3 Å². The van der Waals surface area contributed by atoms with Crippen LogP contribution in [0.3, 0.4) is 0 Å². The molecule has 3 N–H and O–H groups in total. The zero-order valence-corrected chi connectivity index (χ0v) is 15.6. The number of amides is 1. The summed E-state index contributed by atoms with van der Waals surface area (Å²) in [6.45, 7) is 4.55. The number of fused-ring (bicyclic) bond motifs is 7. The summed E-state index contributed by atoms with van der Waals surface area (Å²) in [6.07, 6.45) is 1.48. The molecule has 0 atom stereocenters. The molecule has 3 aromatic heterocycles. The lowest BCUT2D eigenvalue weighted by molar-refractivity contribution is 0.243. The molecule has 7 nitrogen and oxygen atoms in total. The van der Waals surface area contributed by atoms with Gasteiger partial charge in [0.05, 0.1) is 23.1 Å². The summed E-state index contributed by atoms with van der Waals surface area (Å²) in [5.74, 6) is 0.403. The Kier molecular flexibility index (Phi) is 3.27. The molecule has 5 rings (SSSR count). The molecule has 0 saturated carbocycles. The van der Waals surface area contributed by atoms with Crippen molar-refractivity contribution in [1.82, 2.24) is 24.4 Å². The van der Waals surface area contributed by atoms with Crippen LogP contribution in [0.5, 0.6) is 0 Å². The van der Waals surface area contributed by atoms with Crippen molar-refractivity contribution in [1.29, 1.82) is 0 Å². The minimum Gasteiger partial charge on any atom is -0.383 e. The van der Waals surface area contributed by atoms with Gasteiger partial charge in [0, 0.05) is 27.7 Å². The van der Waals surface area contributed by atoms with Crippen LogP contribution in [0.4, 0.5) is 10.6 Å². The topological polar surface area (TPSA) is 90.8 Å². The molecule has 0 radical (unpaired) electrons. The van der Waals surface area contributed by atoms with E-state index in [0.717, 1.165) is 38.9 Å². The van der Waals surface area contributed by atoms with Gasteiger partial charge in [-0.3, -0.25) is 4.57 Å². The van der Waals surface area contributed by atoms with Gasteiger partial charge in [-0.1, -0.05) is 11.6 Å². The van der Waals surface area contributed by atoms with E-state index < -0.39 is 0 Å². The Hall–Kier alpha value is -3.06. The molecule has 0 bridgehead atoms. The SMILES string of the molecule is CC(C)n1c2c(c3c(N)ncnc31)-c1cc3cc(Cl)ccc3n1C(=O)NC2. The van der Waals surface area contributed by atoms with Crippen molar-refractivity contribution >= 4 is 45.4 Å². The number of nitrogen functional groups attached to an aromatic ring is 1. The van der Waals surface area contributed by atoms with Crippen LogP contribution in [0.2, 0.25) is 5.02 Å². The molecule has 1 aromatic carbocycles. The largest absolute Gasteiger partial charge is 0.383 e. The van der Waals surface area contributed by atoms with Crippen LogP contribution in [-0.2, 0) is 6.54 Å². The van der Waals surface area contributed by atoms with Crippen molar-refractivity contribution in [3.8, 4) is 11.3 Å². The van der Waals surface area contributed by atoms with E-state index in [1.807, 2.05) is 18.2 Å². The summed E-state index contributed by atoms with van der Waals surface area (Å²) in [6, 6.07) is 7.43. The van der Waals surface area contributed by atoms with Crippen LogP contribution in [-0.4, -0.2) is 25.1 Å². The average Bonchev–Trinajstić information content (AvgIpc) is 3.11. The third-order valence-electron chi connectivity index (χ3n) is 5.06. The van der Waals surface area contributed by atoms with E-state index in [0.29, 0.717) is 17.4 Å². The van der Waals surface area contributed by atoms with Crippen LogP contribution < -0.4 is 11.1 Å². The predicted octanol–water partition coefficient (Wildman–Crippen LogP) is 3.94. The fraction of sp³-hybridized carbons (Fsp3) is 0.211. The lowest BCUT2D eigenvalue weighted by atomic mass is 10.1. The van der Waals surface area contributed by atoms with E-state index in [1.54, 1.807) is 10.6 Å². The maximum Gasteiger partial charge on any atom is 0.326 e. The van der Waals surface area contributed by atoms with E-state index in [9.17, 15) is 4.79 Å². The average molecular weight is 381 g/mol. The Balaban J connectivity index is 1.99. The van der Waals surface area contributed by atoms with Crippen LogP contribution in [0.15, 0.2) is 30.6 Å². The predicted molar refractivity (Wildman–Crippen MR) is 106 cm³/mol. The number of aromatic nitrogens is 4. The van der Waals surface area contributed by atoms with E-state index >= 15 is 0 Å². The minimum atomic E-state index is -0.183. The van der Waals surface area contributed by atoms with Gasteiger partial charge in [-0.05, 0) is 38.1 Å². The number of benzene rings is 1. The first-order valence-corrected chi connectivity index (χ1v) is 9.08. The second-order valence-corrected chi connectivity index (χ2v) is 7.41. The third-order valence-corrected chi connectivity index (χ3v) is 5.30. The second kappa shape index (κ2) is 5.47. The zero-order valence-electron chi connectivity index (χ0n) is 14.8. The van der Waals surface area contributed by atoms with Crippen LogP contribution in [0, 0.1) is 0 Å². The zero-order chi connectivity index (χ0) is 18.9. The Morgan fingerprint density at radius 2 is 2.07 bits per heavy atom. The molecule has 136 valence electrons. The molecule has 27 heavy (non-hydrogen) atoms. The number of halogens is 1. The highest BCUT2D eigenvalue weighted by Gasteiger charge is 2.30. The Morgan fingerprint density at radius 3 is 2.85 bits per heavy atom. The number of nitrogens with zero attached hydrogens (tertiary/aromatic N) is 4. The molecule has 4 heterocycles. The fourth-order valence-electron chi connectivity index (χ4n) is 4.04. The lowest BCUT2D eigenvalue weighted by Gasteiger charge is -2.14. The number of carbonyl (C=O) groups is 1. The number of hydrogen-bond acceptors (Lipinski definition) is 4. The Labute approximate surface area is 159 Å². The summed E-state index contributed by atoms with van der Waals surface area (Å²) in [4.78, 5) is 21.6. The summed E-state index contributed by atoms with van der Waals surface area (Å²) in [5, 5.41) is 5.29. The Morgan fingerprint density at radius 1 is 1.26 bits per heavy atom. The summed E-state index contributed by atoms with van der Waals surface area (Å²) >= 11 is 6.16. The highest BCUT2D eigenvalue weighted by molar-refractivity contribution is 6.31. The van der Waals surface area contributed by atoms with E-state index in [4.69, 9.17) is 17.3 Å². The number of nitrogens with two attached hydrogens (primary N) is 1.